The SMILES string of the molecule is NCCCCCCS(=O)(=O)O. The molecular weight excluding hydrogens is 166 g/mol. The van der Waals surface area contributed by atoms with Gasteiger partial charge >= 0.3 is 0 Å². The standard InChI is InChI=1S/C6H15NO3S/c7-5-3-1-2-4-6-11(8,9)10/h1-7H2,(H,8,9,10). The lowest BCUT2D eigenvalue weighted by Crippen LogP contribution is -2.04. The lowest BCUT2D eigenvalue weighted by atomic mass is 10.2. The maximum absolute atomic E-state index is 10.2. The molecule has 0 aromatic carbocycles. The third kappa shape index (κ3) is 9.87. The van der Waals surface area contributed by atoms with Gasteiger partial charge in [0.2, 0.25) is 0 Å². The van der Waals surface area contributed by atoms with Crippen LogP contribution in [-0.4, -0.2) is 25.3 Å². The average molecular weight is 181 g/mol. The maximum Gasteiger partial charge on any atom is 0.264 e. The Morgan fingerprint density at radius 3 is 2.09 bits per heavy atom. The molecule has 0 atom stereocenters. The first-order chi connectivity index (χ1) is 5.06. The molecule has 0 saturated heterocycles. The van der Waals surface area contributed by atoms with Crippen molar-refractivity contribution in [2.75, 3.05) is 12.3 Å². The number of rotatable bonds is 6. The van der Waals surface area contributed by atoms with Crippen molar-refractivity contribution >= 4 is 10.1 Å². The fourth-order valence-corrected chi connectivity index (χ4v) is 1.35. The molecule has 0 rings (SSSR count). The Labute approximate surface area is 67.5 Å². The summed E-state index contributed by atoms with van der Waals surface area (Å²) in [4.78, 5) is 0. The van der Waals surface area contributed by atoms with E-state index in [2.05, 4.69) is 0 Å². The highest BCUT2D eigenvalue weighted by Gasteiger charge is 2.02. The maximum atomic E-state index is 10.2. The predicted molar refractivity (Wildman–Crippen MR) is 43.9 cm³/mol. The molecule has 4 nitrogen and oxygen atoms in total. The predicted octanol–water partition coefficient (Wildman–Crippen LogP) is 0.393. The van der Waals surface area contributed by atoms with Gasteiger partial charge in [-0.2, -0.15) is 8.42 Å². The lowest BCUT2D eigenvalue weighted by molar-refractivity contribution is 0.479. The van der Waals surface area contributed by atoms with Crippen molar-refractivity contribution in [3.05, 3.63) is 0 Å². The zero-order valence-electron chi connectivity index (χ0n) is 6.49. The monoisotopic (exact) mass is 181 g/mol. The molecule has 0 spiro atoms. The minimum absolute atomic E-state index is 0.127. The number of hydrogen-bond donors (Lipinski definition) is 2. The largest absolute Gasteiger partial charge is 0.330 e. The van der Waals surface area contributed by atoms with Crippen molar-refractivity contribution < 1.29 is 13.0 Å². The molecule has 0 aliphatic heterocycles. The van der Waals surface area contributed by atoms with Gasteiger partial charge < -0.3 is 5.73 Å². The van der Waals surface area contributed by atoms with Crippen molar-refractivity contribution in [1.82, 2.24) is 0 Å². The van der Waals surface area contributed by atoms with E-state index in [0.717, 1.165) is 19.3 Å². The molecule has 0 heterocycles. The van der Waals surface area contributed by atoms with Gasteiger partial charge in [0.25, 0.3) is 10.1 Å². The zero-order valence-corrected chi connectivity index (χ0v) is 7.31. The van der Waals surface area contributed by atoms with Gasteiger partial charge in [-0.15, -0.1) is 0 Å². The van der Waals surface area contributed by atoms with Crippen molar-refractivity contribution in [2.24, 2.45) is 5.73 Å². The van der Waals surface area contributed by atoms with Gasteiger partial charge in [-0.1, -0.05) is 12.8 Å². The quantitative estimate of drug-likeness (QED) is 0.459. The zero-order chi connectivity index (χ0) is 8.74. The van der Waals surface area contributed by atoms with Crippen LogP contribution in [0.3, 0.4) is 0 Å². The molecule has 0 aliphatic rings. The van der Waals surface area contributed by atoms with Gasteiger partial charge in [-0.3, -0.25) is 4.55 Å². The highest BCUT2D eigenvalue weighted by Crippen LogP contribution is 2.00. The first kappa shape index (κ1) is 10.9. The van der Waals surface area contributed by atoms with Crippen molar-refractivity contribution in [3.63, 3.8) is 0 Å². The molecule has 0 amide bonds. The summed E-state index contributed by atoms with van der Waals surface area (Å²) < 4.78 is 28.7. The highest BCUT2D eigenvalue weighted by atomic mass is 32.2. The van der Waals surface area contributed by atoms with Crippen LogP contribution in [0.25, 0.3) is 0 Å². The Hall–Kier alpha value is -0.130. The van der Waals surface area contributed by atoms with Crippen LogP contribution in [-0.2, 0) is 10.1 Å². The number of nitrogens with two attached hydrogens (primary N) is 1. The van der Waals surface area contributed by atoms with Crippen LogP contribution in [0.2, 0.25) is 0 Å². The molecule has 3 N–H and O–H groups in total. The second-order valence-corrected chi connectivity index (χ2v) is 4.06. The Kier molecular flexibility index (Phi) is 5.45. The van der Waals surface area contributed by atoms with Crippen LogP contribution in [0.5, 0.6) is 0 Å². The van der Waals surface area contributed by atoms with E-state index in [0.29, 0.717) is 13.0 Å². The van der Waals surface area contributed by atoms with E-state index in [4.69, 9.17) is 10.3 Å². The first-order valence-corrected chi connectivity index (χ1v) is 5.32. The van der Waals surface area contributed by atoms with Crippen LogP contribution in [0.4, 0.5) is 0 Å². The highest BCUT2D eigenvalue weighted by molar-refractivity contribution is 7.85. The van der Waals surface area contributed by atoms with Crippen LogP contribution < -0.4 is 5.73 Å². The molecule has 0 unspecified atom stereocenters. The van der Waals surface area contributed by atoms with E-state index in [9.17, 15) is 8.42 Å². The van der Waals surface area contributed by atoms with Crippen LogP contribution in [0.1, 0.15) is 25.7 Å². The normalized spacial score (nSPS) is 11.8. The summed E-state index contributed by atoms with van der Waals surface area (Å²) in [6.45, 7) is 0.645. The molecule has 0 fully saturated rings. The van der Waals surface area contributed by atoms with Crippen molar-refractivity contribution in [3.8, 4) is 0 Å². The molecule has 0 aromatic heterocycles. The molecule has 5 heteroatoms. The minimum Gasteiger partial charge on any atom is -0.330 e. The molecule has 0 radical (unpaired) electrons. The van der Waals surface area contributed by atoms with E-state index in [1.807, 2.05) is 0 Å². The van der Waals surface area contributed by atoms with Crippen LogP contribution in [0, 0.1) is 0 Å². The van der Waals surface area contributed by atoms with Gasteiger partial charge in [0.05, 0.1) is 5.75 Å². The van der Waals surface area contributed by atoms with Gasteiger partial charge in [-0.25, -0.2) is 0 Å². The summed E-state index contributed by atoms with van der Waals surface area (Å²) in [7, 11) is -3.74. The summed E-state index contributed by atoms with van der Waals surface area (Å²) in [5.74, 6) is -0.127. The van der Waals surface area contributed by atoms with Gasteiger partial charge in [0, 0.05) is 0 Å². The minimum atomic E-state index is -3.74. The molecule has 0 bridgehead atoms. The van der Waals surface area contributed by atoms with E-state index < -0.39 is 10.1 Å². The molecular formula is C6H15NO3S. The van der Waals surface area contributed by atoms with Crippen molar-refractivity contribution in [2.45, 2.75) is 25.7 Å². The van der Waals surface area contributed by atoms with Gasteiger partial charge in [-0.05, 0) is 19.4 Å². The smallest absolute Gasteiger partial charge is 0.264 e. The van der Waals surface area contributed by atoms with Crippen molar-refractivity contribution in [1.29, 1.82) is 0 Å². The Bertz CT molecular complexity index is 176. The Balaban J connectivity index is 3.16. The van der Waals surface area contributed by atoms with E-state index in [1.165, 1.54) is 0 Å². The summed E-state index contributed by atoms with van der Waals surface area (Å²) in [6, 6.07) is 0. The van der Waals surface area contributed by atoms with Crippen LogP contribution in [0.15, 0.2) is 0 Å². The van der Waals surface area contributed by atoms with Crippen LogP contribution >= 0.6 is 0 Å². The summed E-state index contributed by atoms with van der Waals surface area (Å²) in [5, 5.41) is 0. The second-order valence-electron chi connectivity index (χ2n) is 2.49. The molecule has 11 heavy (non-hydrogen) atoms. The Morgan fingerprint density at radius 1 is 1.09 bits per heavy atom. The fraction of sp³-hybridized carbons (Fsp3) is 1.00. The average Bonchev–Trinajstić information content (AvgIpc) is 1.85. The van der Waals surface area contributed by atoms with E-state index in [-0.39, 0.29) is 5.75 Å². The molecule has 68 valence electrons. The Morgan fingerprint density at radius 2 is 1.64 bits per heavy atom. The summed E-state index contributed by atoms with van der Waals surface area (Å²) in [5.41, 5.74) is 5.23. The fourth-order valence-electron chi connectivity index (χ4n) is 0.782. The van der Waals surface area contributed by atoms with E-state index >= 15 is 0 Å². The topological polar surface area (TPSA) is 80.4 Å². The third-order valence-electron chi connectivity index (χ3n) is 1.36. The summed E-state index contributed by atoms with van der Waals surface area (Å²) >= 11 is 0. The second kappa shape index (κ2) is 5.51. The number of hydrogen-bond acceptors (Lipinski definition) is 3. The lowest BCUT2D eigenvalue weighted by Gasteiger charge is -1.96. The third-order valence-corrected chi connectivity index (χ3v) is 2.16. The molecule has 0 aromatic rings. The summed E-state index contributed by atoms with van der Waals surface area (Å²) in [6.07, 6.45) is 3.20. The van der Waals surface area contributed by atoms with Gasteiger partial charge in [0.15, 0.2) is 0 Å². The first-order valence-electron chi connectivity index (χ1n) is 3.71. The number of unbranched alkanes of at least 4 members (excludes halogenated alkanes) is 3. The van der Waals surface area contributed by atoms with Gasteiger partial charge in [0.1, 0.15) is 0 Å². The molecule has 0 saturated carbocycles. The molecule has 0 aliphatic carbocycles. The van der Waals surface area contributed by atoms with E-state index in [1.54, 1.807) is 0 Å².